The molecule has 1 aliphatic carbocycles. The van der Waals surface area contributed by atoms with E-state index in [0.29, 0.717) is 16.5 Å². The number of aryl methyl sites for hydroxylation is 1. The molecule has 0 aromatic heterocycles. The van der Waals surface area contributed by atoms with E-state index < -0.39 is 9.84 Å². The van der Waals surface area contributed by atoms with Crippen LogP contribution in [0.5, 0.6) is 0 Å². The second kappa shape index (κ2) is 6.40. The molecule has 1 aromatic carbocycles. The molecule has 2 atom stereocenters. The lowest BCUT2D eigenvalue weighted by atomic mass is 9.82. The molecule has 2 nitrogen and oxygen atoms in total. The molecule has 0 heterocycles. The quantitative estimate of drug-likeness (QED) is 0.759. The van der Waals surface area contributed by atoms with Gasteiger partial charge in [0, 0.05) is 10.6 Å². The number of halogens is 1. The van der Waals surface area contributed by atoms with Gasteiger partial charge in [0.15, 0.2) is 0 Å². The number of sulfone groups is 1. The zero-order valence-corrected chi connectivity index (χ0v) is 13.7. The standard InChI is InChI=1S/C15H21BrO2S/c1-2-19(17,18)11-5-7-13-10-9-12-6-3-4-8-14(12)15(13)16/h3-4,6,8,13,15H,2,5,7,9-11H2,1H3. The van der Waals surface area contributed by atoms with Crippen molar-refractivity contribution < 1.29 is 8.42 Å². The molecule has 1 aromatic rings. The third kappa shape index (κ3) is 3.82. The van der Waals surface area contributed by atoms with Gasteiger partial charge >= 0.3 is 0 Å². The zero-order chi connectivity index (χ0) is 13.9. The summed E-state index contributed by atoms with van der Waals surface area (Å²) in [6.45, 7) is 1.72. The van der Waals surface area contributed by atoms with Crippen molar-refractivity contribution in [2.24, 2.45) is 5.92 Å². The molecule has 0 N–H and O–H groups in total. The van der Waals surface area contributed by atoms with Crippen LogP contribution in [0.2, 0.25) is 0 Å². The molecule has 0 saturated heterocycles. The monoisotopic (exact) mass is 344 g/mol. The normalized spacial score (nSPS) is 23.1. The largest absolute Gasteiger partial charge is 0.229 e. The Morgan fingerprint density at radius 2 is 2.05 bits per heavy atom. The van der Waals surface area contributed by atoms with Gasteiger partial charge in [-0.05, 0) is 42.7 Å². The molecule has 0 spiro atoms. The van der Waals surface area contributed by atoms with Crippen LogP contribution in [0.1, 0.15) is 42.1 Å². The SMILES string of the molecule is CCS(=O)(=O)CCCC1CCc2ccccc2C1Br. The van der Waals surface area contributed by atoms with Gasteiger partial charge in [0.2, 0.25) is 0 Å². The van der Waals surface area contributed by atoms with Crippen LogP contribution in [0.25, 0.3) is 0 Å². The van der Waals surface area contributed by atoms with Crippen molar-refractivity contribution in [1.29, 1.82) is 0 Å². The summed E-state index contributed by atoms with van der Waals surface area (Å²) in [5, 5.41) is 0. The Morgan fingerprint density at radius 3 is 2.79 bits per heavy atom. The van der Waals surface area contributed by atoms with E-state index in [-0.39, 0.29) is 5.75 Å². The van der Waals surface area contributed by atoms with Crippen molar-refractivity contribution in [3.8, 4) is 0 Å². The minimum atomic E-state index is -2.81. The van der Waals surface area contributed by atoms with Crippen LogP contribution in [0.4, 0.5) is 0 Å². The molecular formula is C15H21BrO2S. The van der Waals surface area contributed by atoms with E-state index in [9.17, 15) is 8.42 Å². The molecular weight excluding hydrogens is 324 g/mol. The molecule has 2 rings (SSSR count). The fourth-order valence-electron chi connectivity index (χ4n) is 2.77. The molecule has 1 aliphatic rings. The first kappa shape index (κ1) is 15.0. The van der Waals surface area contributed by atoms with E-state index in [1.54, 1.807) is 6.92 Å². The lowest BCUT2D eigenvalue weighted by molar-refractivity contribution is 0.419. The van der Waals surface area contributed by atoms with Crippen LogP contribution in [0.15, 0.2) is 24.3 Å². The average Bonchev–Trinajstić information content (AvgIpc) is 2.42. The van der Waals surface area contributed by atoms with Gasteiger partial charge in [-0.2, -0.15) is 0 Å². The van der Waals surface area contributed by atoms with Crippen molar-refractivity contribution in [2.75, 3.05) is 11.5 Å². The second-order valence-electron chi connectivity index (χ2n) is 5.28. The van der Waals surface area contributed by atoms with Crippen molar-refractivity contribution >= 4 is 25.8 Å². The van der Waals surface area contributed by atoms with Crippen LogP contribution in [-0.2, 0) is 16.3 Å². The first-order chi connectivity index (χ1) is 9.03. The Hall–Kier alpha value is -0.350. The number of rotatable bonds is 5. The highest BCUT2D eigenvalue weighted by Gasteiger charge is 2.27. The maximum absolute atomic E-state index is 11.5. The van der Waals surface area contributed by atoms with E-state index in [4.69, 9.17) is 0 Å². The third-order valence-electron chi connectivity index (χ3n) is 4.02. The summed E-state index contributed by atoms with van der Waals surface area (Å²) >= 11 is 3.80. The number of benzene rings is 1. The number of alkyl halides is 1. The summed E-state index contributed by atoms with van der Waals surface area (Å²) in [5.74, 6) is 1.15. The molecule has 0 saturated carbocycles. The zero-order valence-electron chi connectivity index (χ0n) is 11.3. The summed E-state index contributed by atoms with van der Waals surface area (Å²) < 4.78 is 23.0. The molecule has 0 fully saturated rings. The maximum Gasteiger partial charge on any atom is 0.150 e. The summed E-state index contributed by atoms with van der Waals surface area (Å²) in [6, 6.07) is 8.55. The summed E-state index contributed by atoms with van der Waals surface area (Å²) in [6.07, 6.45) is 4.04. The highest BCUT2D eigenvalue weighted by Crippen LogP contribution is 2.42. The van der Waals surface area contributed by atoms with E-state index in [1.165, 1.54) is 11.1 Å². The van der Waals surface area contributed by atoms with Crippen molar-refractivity contribution in [3.63, 3.8) is 0 Å². The van der Waals surface area contributed by atoms with Crippen molar-refractivity contribution in [3.05, 3.63) is 35.4 Å². The first-order valence-corrected chi connectivity index (χ1v) is 9.69. The minimum absolute atomic E-state index is 0.262. The molecule has 0 aliphatic heterocycles. The van der Waals surface area contributed by atoms with Gasteiger partial charge in [-0.3, -0.25) is 0 Å². The second-order valence-corrected chi connectivity index (χ2v) is 8.74. The molecule has 0 bridgehead atoms. The van der Waals surface area contributed by atoms with Gasteiger partial charge in [0.25, 0.3) is 0 Å². The number of hydrogen-bond acceptors (Lipinski definition) is 2. The van der Waals surface area contributed by atoms with Gasteiger partial charge in [-0.15, -0.1) is 0 Å². The fourth-order valence-corrected chi connectivity index (χ4v) is 4.64. The lowest BCUT2D eigenvalue weighted by Gasteiger charge is -2.30. The first-order valence-electron chi connectivity index (χ1n) is 6.96. The van der Waals surface area contributed by atoms with E-state index >= 15 is 0 Å². The predicted molar refractivity (Wildman–Crippen MR) is 83.5 cm³/mol. The maximum atomic E-state index is 11.5. The third-order valence-corrected chi connectivity index (χ3v) is 7.05. The molecule has 106 valence electrons. The van der Waals surface area contributed by atoms with E-state index in [0.717, 1.165) is 25.7 Å². The van der Waals surface area contributed by atoms with Gasteiger partial charge < -0.3 is 0 Å². The highest BCUT2D eigenvalue weighted by molar-refractivity contribution is 9.09. The Bertz CT molecular complexity index is 525. The van der Waals surface area contributed by atoms with Crippen LogP contribution in [-0.4, -0.2) is 19.9 Å². The molecule has 0 radical (unpaired) electrons. The smallest absolute Gasteiger partial charge is 0.150 e. The fraction of sp³-hybridized carbons (Fsp3) is 0.600. The van der Waals surface area contributed by atoms with Gasteiger partial charge in [-0.25, -0.2) is 8.42 Å². The average molecular weight is 345 g/mol. The van der Waals surface area contributed by atoms with Crippen LogP contribution < -0.4 is 0 Å². The van der Waals surface area contributed by atoms with Gasteiger partial charge in [0.1, 0.15) is 9.84 Å². The van der Waals surface area contributed by atoms with Crippen LogP contribution in [0, 0.1) is 5.92 Å². The lowest BCUT2D eigenvalue weighted by Crippen LogP contribution is -2.18. The summed E-state index contributed by atoms with van der Waals surface area (Å²) in [4.78, 5) is 0.377. The van der Waals surface area contributed by atoms with Gasteiger partial charge in [0.05, 0.1) is 5.75 Å². The van der Waals surface area contributed by atoms with E-state index in [2.05, 4.69) is 40.2 Å². The van der Waals surface area contributed by atoms with Crippen LogP contribution in [0.3, 0.4) is 0 Å². The molecule has 0 amide bonds. The topological polar surface area (TPSA) is 34.1 Å². The Balaban J connectivity index is 1.94. The Labute approximate surface area is 124 Å². The van der Waals surface area contributed by atoms with E-state index in [1.807, 2.05) is 0 Å². The van der Waals surface area contributed by atoms with Gasteiger partial charge in [-0.1, -0.05) is 47.1 Å². The summed E-state index contributed by atoms with van der Waals surface area (Å²) in [7, 11) is -2.81. The number of hydrogen-bond donors (Lipinski definition) is 0. The highest BCUT2D eigenvalue weighted by atomic mass is 79.9. The molecule has 2 unspecified atom stereocenters. The van der Waals surface area contributed by atoms with Crippen molar-refractivity contribution in [1.82, 2.24) is 0 Å². The number of fused-ring (bicyclic) bond motifs is 1. The molecule has 19 heavy (non-hydrogen) atoms. The predicted octanol–water partition coefficient (Wildman–Crippen LogP) is 3.90. The minimum Gasteiger partial charge on any atom is -0.229 e. The Morgan fingerprint density at radius 1 is 1.32 bits per heavy atom. The van der Waals surface area contributed by atoms with Crippen molar-refractivity contribution in [2.45, 2.75) is 37.4 Å². The summed E-state index contributed by atoms with van der Waals surface area (Å²) in [5.41, 5.74) is 2.82. The molecule has 4 heteroatoms. The van der Waals surface area contributed by atoms with Crippen LogP contribution >= 0.6 is 15.9 Å². The Kier molecular flexibility index (Phi) is 5.07.